The SMILES string of the molecule is COC(=O)[C@H]1C[C@@H](c2ccccc2)Nc2ccccc21. The smallest absolute Gasteiger partial charge is 0.313 e. The van der Waals surface area contributed by atoms with Crippen molar-refractivity contribution < 1.29 is 9.53 Å². The van der Waals surface area contributed by atoms with E-state index in [1.54, 1.807) is 0 Å². The van der Waals surface area contributed by atoms with Crippen molar-refractivity contribution in [2.45, 2.75) is 18.4 Å². The Morgan fingerprint density at radius 1 is 1.10 bits per heavy atom. The van der Waals surface area contributed by atoms with E-state index in [2.05, 4.69) is 17.4 Å². The molecule has 1 N–H and O–H groups in total. The summed E-state index contributed by atoms with van der Waals surface area (Å²) in [5.74, 6) is -0.373. The summed E-state index contributed by atoms with van der Waals surface area (Å²) in [4.78, 5) is 12.1. The van der Waals surface area contributed by atoms with Gasteiger partial charge in [-0.2, -0.15) is 0 Å². The summed E-state index contributed by atoms with van der Waals surface area (Å²) in [7, 11) is 1.45. The van der Waals surface area contributed by atoms with Gasteiger partial charge in [-0.1, -0.05) is 48.5 Å². The van der Waals surface area contributed by atoms with Gasteiger partial charge in [0, 0.05) is 5.69 Å². The molecule has 1 aliphatic heterocycles. The maximum atomic E-state index is 12.1. The molecule has 0 saturated carbocycles. The average Bonchev–Trinajstić information content (AvgIpc) is 2.54. The number of ether oxygens (including phenoxy) is 1. The van der Waals surface area contributed by atoms with Crippen molar-refractivity contribution in [3.63, 3.8) is 0 Å². The molecule has 3 nitrogen and oxygen atoms in total. The van der Waals surface area contributed by atoms with Gasteiger partial charge < -0.3 is 10.1 Å². The first-order valence-corrected chi connectivity index (χ1v) is 6.78. The number of benzene rings is 2. The van der Waals surface area contributed by atoms with Crippen molar-refractivity contribution >= 4 is 11.7 Å². The summed E-state index contributed by atoms with van der Waals surface area (Å²) in [6.45, 7) is 0. The molecule has 0 bridgehead atoms. The largest absolute Gasteiger partial charge is 0.469 e. The summed E-state index contributed by atoms with van der Waals surface area (Å²) in [5.41, 5.74) is 3.23. The van der Waals surface area contributed by atoms with Gasteiger partial charge in [0.05, 0.1) is 19.1 Å². The molecule has 0 spiro atoms. The first-order chi connectivity index (χ1) is 9.79. The Balaban J connectivity index is 1.98. The van der Waals surface area contributed by atoms with Crippen LogP contribution in [0.4, 0.5) is 5.69 Å². The molecule has 102 valence electrons. The molecule has 3 rings (SSSR count). The van der Waals surface area contributed by atoms with Crippen LogP contribution in [-0.2, 0) is 9.53 Å². The second-order valence-corrected chi connectivity index (χ2v) is 5.01. The van der Waals surface area contributed by atoms with Crippen LogP contribution < -0.4 is 5.32 Å². The number of para-hydroxylation sites is 1. The van der Waals surface area contributed by atoms with Gasteiger partial charge in [-0.3, -0.25) is 4.79 Å². The van der Waals surface area contributed by atoms with E-state index in [4.69, 9.17) is 4.74 Å². The number of fused-ring (bicyclic) bond motifs is 1. The van der Waals surface area contributed by atoms with Gasteiger partial charge in [0.2, 0.25) is 0 Å². The average molecular weight is 267 g/mol. The second kappa shape index (κ2) is 5.37. The molecule has 2 aromatic carbocycles. The number of carbonyl (C=O) groups is 1. The van der Waals surface area contributed by atoms with E-state index in [9.17, 15) is 4.79 Å². The van der Waals surface area contributed by atoms with Crippen LogP contribution in [0, 0.1) is 0 Å². The molecule has 20 heavy (non-hydrogen) atoms. The van der Waals surface area contributed by atoms with E-state index in [0.717, 1.165) is 11.3 Å². The number of hydrogen-bond donors (Lipinski definition) is 1. The lowest BCUT2D eigenvalue weighted by Gasteiger charge is -2.32. The van der Waals surface area contributed by atoms with Crippen molar-refractivity contribution in [3.8, 4) is 0 Å². The monoisotopic (exact) mass is 267 g/mol. The van der Waals surface area contributed by atoms with Crippen LogP contribution in [0.25, 0.3) is 0 Å². The maximum absolute atomic E-state index is 12.1. The molecule has 0 unspecified atom stereocenters. The first-order valence-electron chi connectivity index (χ1n) is 6.78. The van der Waals surface area contributed by atoms with Gasteiger partial charge in [-0.15, -0.1) is 0 Å². The lowest BCUT2D eigenvalue weighted by Crippen LogP contribution is -2.26. The fourth-order valence-corrected chi connectivity index (χ4v) is 2.81. The van der Waals surface area contributed by atoms with Crippen LogP contribution in [0.1, 0.15) is 29.5 Å². The summed E-state index contributed by atoms with van der Waals surface area (Å²) in [6.07, 6.45) is 0.716. The Hall–Kier alpha value is -2.29. The van der Waals surface area contributed by atoms with Crippen LogP contribution in [-0.4, -0.2) is 13.1 Å². The van der Waals surface area contributed by atoms with Crippen molar-refractivity contribution in [1.29, 1.82) is 0 Å². The third-order valence-electron chi connectivity index (χ3n) is 3.82. The molecule has 0 saturated heterocycles. The number of hydrogen-bond acceptors (Lipinski definition) is 3. The summed E-state index contributed by atoms with van der Waals surface area (Å²) >= 11 is 0. The standard InChI is InChI=1S/C17H17NO2/c1-20-17(19)14-11-16(12-7-3-2-4-8-12)18-15-10-6-5-9-13(14)15/h2-10,14,16,18H,11H2,1H3/t14-,16-/m0/s1. The zero-order valence-electron chi connectivity index (χ0n) is 11.4. The molecule has 0 aromatic heterocycles. The molecule has 0 aliphatic carbocycles. The van der Waals surface area contributed by atoms with Crippen molar-refractivity contribution in [1.82, 2.24) is 0 Å². The van der Waals surface area contributed by atoms with Gasteiger partial charge >= 0.3 is 5.97 Å². The molecule has 0 radical (unpaired) electrons. The van der Waals surface area contributed by atoms with Crippen LogP contribution in [0.5, 0.6) is 0 Å². The van der Waals surface area contributed by atoms with E-state index in [0.29, 0.717) is 6.42 Å². The molecule has 1 heterocycles. The molecule has 2 atom stereocenters. The van der Waals surface area contributed by atoms with Gasteiger partial charge in [0.1, 0.15) is 0 Å². The number of esters is 1. The van der Waals surface area contributed by atoms with Gasteiger partial charge in [-0.05, 0) is 23.6 Å². The lowest BCUT2D eigenvalue weighted by molar-refractivity contribution is -0.142. The Bertz CT molecular complexity index is 609. The Labute approximate surface area is 118 Å². The van der Waals surface area contributed by atoms with Gasteiger partial charge in [-0.25, -0.2) is 0 Å². The highest BCUT2D eigenvalue weighted by Gasteiger charge is 2.32. The fourth-order valence-electron chi connectivity index (χ4n) is 2.81. The van der Waals surface area contributed by atoms with Gasteiger partial charge in [0.15, 0.2) is 0 Å². The molecule has 3 heteroatoms. The normalized spacial score (nSPS) is 20.6. The maximum Gasteiger partial charge on any atom is 0.313 e. The quantitative estimate of drug-likeness (QED) is 0.846. The van der Waals surface area contributed by atoms with Crippen LogP contribution in [0.15, 0.2) is 54.6 Å². The highest BCUT2D eigenvalue weighted by molar-refractivity contribution is 5.82. The fraction of sp³-hybridized carbons (Fsp3) is 0.235. The van der Waals surface area contributed by atoms with E-state index >= 15 is 0 Å². The molecular weight excluding hydrogens is 250 g/mol. The zero-order chi connectivity index (χ0) is 13.9. The van der Waals surface area contributed by atoms with Crippen LogP contribution in [0.3, 0.4) is 0 Å². The highest BCUT2D eigenvalue weighted by Crippen LogP contribution is 2.40. The second-order valence-electron chi connectivity index (χ2n) is 5.01. The number of nitrogens with one attached hydrogen (secondary N) is 1. The Kier molecular flexibility index (Phi) is 3.42. The Morgan fingerprint density at radius 2 is 1.80 bits per heavy atom. The van der Waals surface area contributed by atoms with E-state index < -0.39 is 0 Å². The molecule has 1 aliphatic rings. The number of methoxy groups -OCH3 is 1. The van der Waals surface area contributed by atoms with E-state index in [-0.39, 0.29) is 17.9 Å². The Morgan fingerprint density at radius 3 is 2.55 bits per heavy atom. The lowest BCUT2D eigenvalue weighted by atomic mass is 9.84. The van der Waals surface area contributed by atoms with E-state index in [1.165, 1.54) is 12.7 Å². The summed E-state index contributed by atoms with van der Waals surface area (Å²) in [6, 6.07) is 18.3. The molecule has 0 amide bonds. The zero-order valence-corrected chi connectivity index (χ0v) is 11.4. The number of anilines is 1. The first kappa shape index (κ1) is 12.7. The van der Waals surface area contributed by atoms with Crippen molar-refractivity contribution in [2.24, 2.45) is 0 Å². The minimum atomic E-state index is -0.206. The molecular formula is C17H17NO2. The minimum absolute atomic E-state index is 0.134. The number of carbonyl (C=O) groups excluding carboxylic acids is 1. The van der Waals surface area contributed by atoms with E-state index in [1.807, 2.05) is 42.5 Å². The third kappa shape index (κ3) is 2.27. The summed E-state index contributed by atoms with van der Waals surface area (Å²) < 4.78 is 4.96. The predicted octanol–water partition coefficient (Wildman–Crippen LogP) is 3.50. The summed E-state index contributed by atoms with van der Waals surface area (Å²) in [5, 5.41) is 3.51. The van der Waals surface area contributed by atoms with Gasteiger partial charge in [0.25, 0.3) is 0 Å². The minimum Gasteiger partial charge on any atom is -0.469 e. The number of rotatable bonds is 2. The predicted molar refractivity (Wildman–Crippen MR) is 78.6 cm³/mol. The van der Waals surface area contributed by atoms with Crippen molar-refractivity contribution in [2.75, 3.05) is 12.4 Å². The highest BCUT2D eigenvalue weighted by atomic mass is 16.5. The van der Waals surface area contributed by atoms with Crippen LogP contribution in [0.2, 0.25) is 0 Å². The van der Waals surface area contributed by atoms with Crippen molar-refractivity contribution in [3.05, 3.63) is 65.7 Å². The third-order valence-corrected chi connectivity index (χ3v) is 3.82. The molecule has 0 fully saturated rings. The molecule has 2 aromatic rings. The topological polar surface area (TPSA) is 38.3 Å². The van der Waals surface area contributed by atoms with Crippen LogP contribution >= 0.6 is 0 Å².